The van der Waals surface area contributed by atoms with Gasteiger partial charge in [0.2, 0.25) is 17.6 Å². The summed E-state index contributed by atoms with van der Waals surface area (Å²) in [6.07, 6.45) is 1.25. The molecule has 1 amide bonds. The van der Waals surface area contributed by atoms with E-state index in [9.17, 15) is 9.18 Å². The van der Waals surface area contributed by atoms with Crippen LogP contribution < -0.4 is 14.8 Å². The predicted molar refractivity (Wildman–Crippen MR) is 122 cm³/mol. The van der Waals surface area contributed by atoms with Crippen molar-refractivity contribution in [3.8, 4) is 34.1 Å². The zero-order valence-electron chi connectivity index (χ0n) is 18.0. The Balaban J connectivity index is 1.31. The summed E-state index contributed by atoms with van der Waals surface area (Å²) in [7, 11) is 3.18. The van der Waals surface area contributed by atoms with Gasteiger partial charge in [0.05, 0.1) is 19.9 Å². The Morgan fingerprint density at radius 1 is 1.12 bits per heavy atom. The van der Waals surface area contributed by atoms with Crippen molar-refractivity contribution >= 4 is 22.4 Å². The molecule has 0 radical (unpaired) electrons. The molecule has 2 heterocycles. The third-order valence-corrected chi connectivity index (χ3v) is 5.56. The molecule has 0 bridgehead atoms. The van der Waals surface area contributed by atoms with Gasteiger partial charge in [-0.15, -0.1) is 11.3 Å². The van der Waals surface area contributed by atoms with E-state index >= 15 is 0 Å². The first kappa shape index (κ1) is 22.4. The predicted octanol–water partition coefficient (Wildman–Crippen LogP) is 4.98. The van der Waals surface area contributed by atoms with Crippen LogP contribution in [0.2, 0.25) is 0 Å². The lowest BCUT2D eigenvalue weighted by molar-refractivity contribution is -0.116. The van der Waals surface area contributed by atoms with E-state index in [2.05, 4.69) is 20.4 Å². The summed E-state index contributed by atoms with van der Waals surface area (Å²) in [6.45, 7) is 0. The van der Waals surface area contributed by atoms with Crippen LogP contribution in [0.5, 0.6) is 11.5 Å². The Kier molecular flexibility index (Phi) is 6.94. The molecule has 0 unspecified atom stereocenters. The number of aryl methyl sites for hydroxylation is 1. The Hall–Kier alpha value is -3.79. The smallest absolute Gasteiger partial charge is 0.226 e. The summed E-state index contributed by atoms with van der Waals surface area (Å²) >= 11 is 1.33. The van der Waals surface area contributed by atoms with Crippen LogP contribution in [0.4, 0.5) is 9.52 Å². The molecule has 4 aromatic rings. The van der Waals surface area contributed by atoms with Gasteiger partial charge >= 0.3 is 0 Å². The number of ether oxygens (including phenoxy) is 2. The first-order valence-corrected chi connectivity index (χ1v) is 11.0. The number of halogens is 1. The van der Waals surface area contributed by atoms with Crippen molar-refractivity contribution in [1.29, 1.82) is 0 Å². The fourth-order valence-corrected chi connectivity index (χ4v) is 3.85. The highest BCUT2D eigenvalue weighted by Gasteiger charge is 2.14. The molecule has 1 N–H and O–H groups in total. The van der Waals surface area contributed by atoms with E-state index in [-0.39, 0.29) is 18.1 Å². The number of carbonyl (C=O) groups excluding carboxylic acids is 1. The molecule has 0 spiro atoms. The number of benzene rings is 2. The second-order valence-corrected chi connectivity index (χ2v) is 7.88. The van der Waals surface area contributed by atoms with Crippen LogP contribution >= 0.6 is 11.3 Å². The Morgan fingerprint density at radius 3 is 2.70 bits per heavy atom. The van der Waals surface area contributed by atoms with E-state index in [1.165, 1.54) is 23.5 Å². The van der Waals surface area contributed by atoms with Crippen molar-refractivity contribution in [2.24, 2.45) is 0 Å². The van der Waals surface area contributed by atoms with Crippen molar-refractivity contribution in [2.75, 3.05) is 19.5 Å². The molecule has 0 saturated carbocycles. The lowest BCUT2D eigenvalue weighted by atomic mass is 10.1. The van der Waals surface area contributed by atoms with Crippen LogP contribution in [0, 0.1) is 5.82 Å². The molecule has 0 saturated heterocycles. The first-order valence-electron chi connectivity index (χ1n) is 10.1. The van der Waals surface area contributed by atoms with Crippen LogP contribution in [-0.2, 0) is 11.2 Å². The highest BCUT2D eigenvalue weighted by Crippen LogP contribution is 2.35. The number of amides is 1. The molecule has 33 heavy (non-hydrogen) atoms. The van der Waals surface area contributed by atoms with E-state index in [1.807, 2.05) is 23.6 Å². The van der Waals surface area contributed by atoms with E-state index in [0.717, 1.165) is 5.56 Å². The van der Waals surface area contributed by atoms with E-state index < -0.39 is 0 Å². The Labute approximate surface area is 193 Å². The summed E-state index contributed by atoms with van der Waals surface area (Å²) < 4.78 is 28.9. The number of aromatic nitrogens is 3. The van der Waals surface area contributed by atoms with Crippen molar-refractivity contribution in [1.82, 2.24) is 15.1 Å². The van der Waals surface area contributed by atoms with Crippen LogP contribution in [-0.4, -0.2) is 35.3 Å². The largest absolute Gasteiger partial charge is 0.497 e. The summed E-state index contributed by atoms with van der Waals surface area (Å²) in [6, 6.07) is 11.3. The number of thiazole rings is 1. The van der Waals surface area contributed by atoms with Gasteiger partial charge in [0.25, 0.3) is 0 Å². The third-order valence-electron chi connectivity index (χ3n) is 4.80. The van der Waals surface area contributed by atoms with Crippen molar-refractivity contribution < 1.29 is 23.2 Å². The minimum atomic E-state index is -0.330. The summed E-state index contributed by atoms with van der Waals surface area (Å²) in [5.41, 5.74) is 2.13. The van der Waals surface area contributed by atoms with Gasteiger partial charge in [-0.1, -0.05) is 5.16 Å². The van der Waals surface area contributed by atoms with Gasteiger partial charge in [-0.05, 0) is 48.9 Å². The maximum Gasteiger partial charge on any atom is 0.226 e. The number of nitrogens with zero attached hydrogens (tertiary/aromatic N) is 3. The second-order valence-electron chi connectivity index (χ2n) is 7.02. The topological polar surface area (TPSA) is 99.4 Å². The van der Waals surface area contributed by atoms with Gasteiger partial charge in [-0.3, -0.25) is 4.79 Å². The Morgan fingerprint density at radius 2 is 1.94 bits per heavy atom. The minimum absolute atomic E-state index is 0.160. The maximum atomic E-state index is 13.0. The van der Waals surface area contributed by atoms with Crippen LogP contribution in [0.1, 0.15) is 18.7 Å². The van der Waals surface area contributed by atoms with Gasteiger partial charge in [0, 0.05) is 29.3 Å². The summed E-state index contributed by atoms with van der Waals surface area (Å²) in [5, 5.41) is 9.06. The standard InChI is InChI=1S/C23H21FN4O4S/c1-30-16-10-11-19(31-2)17(12-16)18-13-33-23(25-18)26-20(29)4-3-5-21-27-22(28-32-21)14-6-8-15(24)9-7-14/h6-13H,3-5H2,1-2H3,(H,25,26,29). The molecule has 0 atom stereocenters. The van der Waals surface area contributed by atoms with Crippen LogP contribution in [0.15, 0.2) is 52.4 Å². The molecule has 2 aromatic carbocycles. The normalized spacial score (nSPS) is 10.8. The zero-order valence-corrected chi connectivity index (χ0v) is 18.8. The van der Waals surface area contributed by atoms with Gasteiger partial charge in [-0.2, -0.15) is 4.98 Å². The molecule has 0 fully saturated rings. The average molecular weight is 469 g/mol. The molecular formula is C23H21FN4O4S. The van der Waals surface area contributed by atoms with E-state index in [1.54, 1.807) is 26.4 Å². The van der Waals surface area contributed by atoms with Crippen molar-refractivity contribution in [3.63, 3.8) is 0 Å². The monoisotopic (exact) mass is 468 g/mol. The highest BCUT2D eigenvalue weighted by molar-refractivity contribution is 7.14. The summed E-state index contributed by atoms with van der Waals surface area (Å²) in [5.74, 6) is 1.67. The number of methoxy groups -OCH3 is 2. The summed E-state index contributed by atoms with van der Waals surface area (Å²) in [4.78, 5) is 21.1. The third kappa shape index (κ3) is 5.53. The quantitative estimate of drug-likeness (QED) is 0.370. The highest BCUT2D eigenvalue weighted by atomic mass is 32.1. The fraction of sp³-hybridized carbons (Fsp3) is 0.217. The first-order chi connectivity index (χ1) is 16.1. The number of nitrogens with one attached hydrogen (secondary N) is 1. The molecule has 0 aliphatic carbocycles. The number of hydrogen-bond acceptors (Lipinski definition) is 8. The number of hydrogen-bond donors (Lipinski definition) is 1. The van der Waals surface area contributed by atoms with Gasteiger partial charge in [0.1, 0.15) is 17.3 Å². The van der Waals surface area contributed by atoms with Gasteiger partial charge < -0.3 is 19.3 Å². The second kappa shape index (κ2) is 10.2. The number of anilines is 1. The molecule has 170 valence electrons. The van der Waals surface area contributed by atoms with E-state index in [4.69, 9.17) is 14.0 Å². The fourth-order valence-electron chi connectivity index (χ4n) is 3.12. The maximum absolute atomic E-state index is 13.0. The molecular weight excluding hydrogens is 447 g/mol. The van der Waals surface area contributed by atoms with Crippen LogP contribution in [0.3, 0.4) is 0 Å². The Bertz CT molecular complexity index is 1240. The number of rotatable bonds is 9. The van der Waals surface area contributed by atoms with Crippen LogP contribution in [0.25, 0.3) is 22.6 Å². The molecule has 2 aromatic heterocycles. The van der Waals surface area contributed by atoms with Crippen molar-refractivity contribution in [3.05, 3.63) is 59.6 Å². The van der Waals surface area contributed by atoms with Gasteiger partial charge in [-0.25, -0.2) is 9.37 Å². The van der Waals surface area contributed by atoms with Crippen molar-refractivity contribution in [2.45, 2.75) is 19.3 Å². The van der Waals surface area contributed by atoms with E-state index in [0.29, 0.717) is 52.4 Å². The molecule has 0 aliphatic rings. The number of carbonyl (C=O) groups is 1. The molecule has 4 rings (SSSR count). The molecule has 10 heteroatoms. The lowest BCUT2D eigenvalue weighted by Gasteiger charge is -2.08. The zero-order chi connectivity index (χ0) is 23.2. The SMILES string of the molecule is COc1ccc(OC)c(-c2csc(NC(=O)CCCc3nc(-c4ccc(F)cc4)no3)n2)c1. The lowest BCUT2D eigenvalue weighted by Crippen LogP contribution is -2.11. The van der Waals surface area contributed by atoms with Gasteiger partial charge in [0.15, 0.2) is 5.13 Å². The minimum Gasteiger partial charge on any atom is -0.497 e. The molecule has 8 nitrogen and oxygen atoms in total. The molecule has 0 aliphatic heterocycles. The average Bonchev–Trinajstić information content (AvgIpc) is 3.49.